The number of aryl methyl sites for hydroxylation is 1. The molecular formula is C19H18ClN3O2. The number of aromatic nitrogens is 2. The van der Waals surface area contributed by atoms with Crippen molar-refractivity contribution in [1.29, 1.82) is 0 Å². The van der Waals surface area contributed by atoms with Crippen molar-refractivity contribution in [3.63, 3.8) is 0 Å². The molecule has 2 heterocycles. The summed E-state index contributed by atoms with van der Waals surface area (Å²) in [6.07, 6.45) is 1.50. The number of rotatable bonds is 4. The maximum Gasteiger partial charge on any atom is 0.341 e. The molecule has 1 N–H and O–H groups in total. The van der Waals surface area contributed by atoms with Crippen LogP contribution in [0.2, 0.25) is 5.02 Å². The summed E-state index contributed by atoms with van der Waals surface area (Å²) in [5.74, 6) is -0.431. The van der Waals surface area contributed by atoms with E-state index in [2.05, 4.69) is 15.3 Å². The van der Waals surface area contributed by atoms with Gasteiger partial charge in [0.2, 0.25) is 0 Å². The Bertz CT molecular complexity index is 957. The fraction of sp³-hybridized carbons (Fsp3) is 0.211. The summed E-state index contributed by atoms with van der Waals surface area (Å²) in [6, 6.07) is 9.37. The number of nitrogens with one attached hydrogen (secondary N) is 1. The lowest BCUT2D eigenvalue weighted by Crippen LogP contribution is -2.10. The Kier molecular flexibility index (Phi) is 4.86. The van der Waals surface area contributed by atoms with Crippen LogP contribution in [0.25, 0.3) is 11.0 Å². The molecule has 1 aromatic carbocycles. The minimum Gasteiger partial charge on any atom is -0.462 e. The zero-order valence-electron chi connectivity index (χ0n) is 14.3. The molecule has 0 unspecified atom stereocenters. The van der Waals surface area contributed by atoms with Crippen LogP contribution in [0.5, 0.6) is 0 Å². The molecule has 0 radical (unpaired) electrons. The van der Waals surface area contributed by atoms with Gasteiger partial charge in [-0.15, -0.1) is 0 Å². The number of nitrogens with zero attached hydrogens (tertiary/aromatic N) is 2. The Labute approximate surface area is 151 Å². The zero-order chi connectivity index (χ0) is 18.0. The fourth-order valence-corrected chi connectivity index (χ4v) is 2.72. The maximum atomic E-state index is 12.4. The van der Waals surface area contributed by atoms with E-state index in [1.165, 1.54) is 6.20 Å². The second kappa shape index (κ2) is 7.07. The van der Waals surface area contributed by atoms with E-state index in [-0.39, 0.29) is 0 Å². The highest BCUT2D eigenvalue weighted by molar-refractivity contribution is 6.31. The van der Waals surface area contributed by atoms with Gasteiger partial charge >= 0.3 is 5.97 Å². The molecule has 0 saturated carbocycles. The maximum absolute atomic E-state index is 12.4. The molecule has 25 heavy (non-hydrogen) atoms. The van der Waals surface area contributed by atoms with Gasteiger partial charge in [0.25, 0.3) is 0 Å². The first kappa shape index (κ1) is 17.2. The molecule has 0 fully saturated rings. The number of pyridine rings is 2. The molecule has 0 spiro atoms. The minimum absolute atomic E-state index is 0.290. The topological polar surface area (TPSA) is 64.1 Å². The molecule has 0 aliphatic heterocycles. The van der Waals surface area contributed by atoms with Crippen LogP contribution in [0, 0.1) is 13.8 Å². The highest BCUT2D eigenvalue weighted by Gasteiger charge is 2.18. The lowest BCUT2D eigenvalue weighted by Gasteiger charge is -2.16. The van der Waals surface area contributed by atoms with E-state index in [0.717, 1.165) is 22.3 Å². The SMILES string of the molecule is CCOC(=O)c1cnc2nc(C)ccc2c1Nc1cccc(Cl)c1C. The number of hydrogen-bond acceptors (Lipinski definition) is 5. The second-order valence-electron chi connectivity index (χ2n) is 5.63. The van der Waals surface area contributed by atoms with Crippen LogP contribution in [0.3, 0.4) is 0 Å². The lowest BCUT2D eigenvalue weighted by molar-refractivity contribution is 0.0527. The third-order valence-electron chi connectivity index (χ3n) is 3.89. The summed E-state index contributed by atoms with van der Waals surface area (Å²) >= 11 is 6.21. The van der Waals surface area contributed by atoms with Crippen LogP contribution in [-0.4, -0.2) is 22.5 Å². The molecular weight excluding hydrogens is 338 g/mol. The van der Waals surface area contributed by atoms with Crippen LogP contribution in [-0.2, 0) is 4.74 Å². The Morgan fingerprint density at radius 3 is 2.80 bits per heavy atom. The fourth-order valence-electron chi connectivity index (χ4n) is 2.55. The first-order valence-electron chi connectivity index (χ1n) is 7.97. The Morgan fingerprint density at radius 1 is 1.24 bits per heavy atom. The minimum atomic E-state index is -0.431. The summed E-state index contributed by atoms with van der Waals surface area (Å²) in [5.41, 5.74) is 4.10. The van der Waals surface area contributed by atoms with Gasteiger partial charge < -0.3 is 10.1 Å². The van der Waals surface area contributed by atoms with E-state index in [9.17, 15) is 4.79 Å². The highest BCUT2D eigenvalue weighted by atomic mass is 35.5. The quantitative estimate of drug-likeness (QED) is 0.680. The van der Waals surface area contributed by atoms with Gasteiger partial charge in [-0.3, -0.25) is 0 Å². The summed E-state index contributed by atoms with van der Waals surface area (Å²) in [7, 11) is 0. The van der Waals surface area contributed by atoms with E-state index in [1.54, 1.807) is 6.92 Å². The number of hydrogen-bond donors (Lipinski definition) is 1. The number of carbonyl (C=O) groups excluding carboxylic acids is 1. The van der Waals surface area contributed by atoms with Gasteiger partial charge in [-0.05, 0) is 50.6 Å². The van der Waals surface area contributed by atoms with Crippen LogP contribution in [0.4, 0.5) is 11.4 Å². The summed E-state index contributed by atoms with van der Waals surface area (Å²) in [4.78, 5) is 21.1. The molecule has 2 aromatic heterocycles. The van der Waals surface area contributed by atoms with Crippen molar-refractivity contribution in [2.75, 3.05) is 11.9 Å². The summed E-state index contributed by atoms with van der Waals surface area (Å²) in [5, 5.41) is 4.71. The second-order valence-corrected chi connectivity index (χ2v) is 6.04. The third kappa shape index (κ3) is 3.42. The van der Waals surface area contributed by atoms with Crippen LogP contribution in [0.15, 0.2) is 36.5 Å². The predicted octanol–water partition coefficient (Wildman–Crippen LogP) is 4.82. The molecule has 0 atom stereocenters. The van der Waals surface area contributed by atoms with Crippen molar-refractivity contribution < 1.29 is 9.53 Å². The van der Waals surface area contributed by atoms with Gasteiger partial charge in [-0.1, -0.05) is 17.7 Å². The van der Waals surface area contributed by atoms with Crippen molar-refractivity contribution in [2.24, 2.45) is 0 Å². The van der Waals surface area contributed by atoms with E-state index < -0.39 is 5.97 Å². The number of anilines is 2. The van der Waals surface area contributed by atoms with Gasteiger partial charge in [0.15, 0.2) is 5.65 Å². The van der Waals surface area contributed by atoms with E-state index in [4.69, 9.17) is 16.3 Å². The van der Waals surface area contributed by atoms with Gasteiger partial charge in [0.1, 0.15) is 5.56 Å². The zero-order valence-corrected chi connectivity index (χ0v) is 15.0. The first-order valence-corrected chi connectivity index (χ1v) is 8.34. The molecule has 3 aromatic rings. The van der Waals surface area contributed by atoms with Crippen LogP contribution in [0.1, 0.15) is 28.5 Å². The number of halogens is 1. The summed E-state index contributed by atoms with van der Waals surface area (Å²) < 4.78 is 5.17. The standard InChI is InChI=1S/C19H18ClN3O2/c1-4-25-19(24)14-10-21-18-13(9-8-11(2)22-18)17(14)23-16-7-5-6-15(20)12(16)3/h5-10H,4H2,1-3H3,(H,21,22,23). The molecule has 0 saturated heterocycles. The van der Waals surface area contributed by atoms with E-state index in [0.29, 0.717) is 28.5 Å². The number of ether oxygens (including phenoxy) is 1. The molecule has 128 valence electrons. The molecule has 5 nitrogen and oxygen atoms in total. The average Bonchev–Trinajstić information content (AvgIpc) is 2.59. The van der Waals surface area contributed by atoms with E-state index in [1.807, 2.05) is 44.2 Å². The van der Waals surface area contributed by atoms with Crippen LogP contribution >= 0.6 is 11.6 Å². The van der Waals surface area contributed by atoms with Gasteiger partial charge in [0, 0.05) is 28.0 Å². The smallest absolute Gasteiger partial charge is 0.341 e. The third-order valence-corrected chi connectivity index (χ3v) is 4.30. The number of esters is 1. The van der Waals surface area contributed by atoms with Gasteiger partial charge in [-0.25, -0.2) is 14.8 Å². The predicted molar refractivity (Wildman–Crippen MR) is 99.7 cm³/mol. The Balaban J connectivity index is 2.20. The van der Waals surface area contributed by atoms with E-state index >= 15 is 0 Å². The molecule has 3 rings (SSSR count). The monoisotopic (exact) mass is 355 g/mol. The Morgan fingerprint density at radius 2 is 2.04 bits per heavy atom. The highest BCUT2D eigenvalue weighted by Crippen LogP contribution is 2.32. The molecule has 0 bridgehead atoms. The average molecular weight is 356 g/mol. The molecule has 6 heteroatoms. The van der Waals surface area contributed by atoms with Crippen molar-refractivity contribution in [1.82, 2.24) is 9.97 Å². The first-order chi connectivity index (χ1) is 12.0. The van der Waals surface area contributed by atoms with Crippen molar-refractivity contribution in [3.05, 3.63) is 58.4 Å². The van der Waals surface area contributed by atoms with Crippen molar-refractivity contribution in [2.45, 2.75) is 20.8 Å². The van der Waals surface area contributed by atoms with Gasteiger partial charge in [0.05, 0.1) is 12.3 Å². The largest absolute Gasteiger partial charge is 0.462 e. The number of fused-ring (bicyclic) bond motifs is 1. The molecule has 0 aliphatic carbocycles. The molecule has 0 amide bonds. The normalized spacial score (nSPS) is 10.7. The Hall–Kier alpha value is -2.66. The van der Waals surface area contributed by atoms with Crippen molar-refractivity contribution >= 4 is 40.0 Å². The number of benzene rings is 1. The van der Waals surface area contributed by atoms with Crippen molar-refractivity contribution in [3.8, 4) is 0 Å². The van der Waals surface area contributed by atoms with Crippen LogP contribution < -0.4 is 5.32 Å². The van der Waals surface area contributed by atoms with Gasteiger partial charge in [-0.2, -0.15) is 0 Å². The number of carbonyl (C=O) groups is 1. The molecule has 0 aliphatic rings. The lowest BCUT2D eigenvalue weighted by atomic mass is 10.1. The summed E-state index contributed by atoms with van der Waals surface area (Å²) in [6.45, 7) is 5.87.